The van der Waals surface area contributed by atoms with Crippen molar-refractivity contribution in [2.75, 3.05) is 7.11 Å². The number of aliphatic hydroxyl groups is 1. The molecule has 0 saturated heterocycles. The molecule has 33 heavy (non-hydrogen) atoms. The van der Waals surface area contributed by atoms with E-state index in [4.69, 9.17) is 14.2 Å². The molecule has 0 aromatic heterocycles. The first-order valence-electron chi connectivity index (χ1n) is 11.9. The minimum atomic E-state index is -1.79. The lowest BCUT2D eigenvalue weighted by Crippen LogP contribution is -2.61. The van der Waals surface area contributed by atoms with Gasteiger partial charge in [0.05, 0.1) is 0 Å². The van der Waals surface area contributed by atoms with Gasteiger partial charge in [0.1, 0.15) is 11.5 Å². The Bertz CT molecular complexity index is 873. The van der Waals surface area contributed by atoms with E-state index in [2.05, 4.69) is 6.92 Å². The molecule has 4 heteroatoms. The number of methoxy groups -OCH3 is 1. The summed E-state index contributed by atoms with van der Waals surface area (Å²) in [4.78, 5) is 0. The molecule has 4 nitrogen and oxygen atoms in total. The van der Waals surface area contributed by atoms with E-state index in [0.29, 0.717) is 23.5 Å². The van der Waals surface area contributed by atoms with Gasteiger partial charge in [0, 0.05) is 7.11 Å². The SMILES string of the molecule is CCCCCCCCC(O)(c1ccccc1)C(OC)(Oc1ccccc1)Oc1ccccc1. The van der Waals surface area contributed by atoms with E-state index in [1.165, 1.54) is 26.4 Å². The van der Waals surface area contributed by atoms with Gasteiger partial charge in [-0.2, -0.15) is 0 Å². The van der Waals surface area contributed by atoms with Crippen molar-refractivity contribution in [3.05, 3.63) is 96.6 Å². The number of unbranched alkanes of at least 4 members (excludes halogenated alkanes) is 5. The summed E-state index contributed by atoms with van der Waals surface area (Å²) in [5, 5.41) is 12.3. The van der Waals surface area contributed by atoms with E-state index in [1.807, 2.05) is 91.0 Å². The lowest BCUT2D eigenvalue weighted by molar-refractivity contribution is -0.377. The molecule has 0 spiro atoms. The van der Waals surface area contributed by atoms with Crippen LogP contribution in [0.3, 0.4) is 0 Å². The summed E-state index contributed by atoms with van der Waals surface area (Å²) in [6.07, 6.45) is 7.04. The van der Waals surface area contributed by atoms with Gasteiger partial charge in [-0.05, 0) is 42.7 Å². The summed E-state index contributed by atoms with van der Waals surface area (Å²) in [6.45, 7) is 2.21. The van der Waals surface area contributed by atoms with Crippen molar-refractivity contribution in [3.63, 3.8) is 0 Å². The van der Waals surface area contributed by atoms with Crippen molar-refractivity contribution in [3.8, 4) is 11.5 Å². The van der Waals surface area contributed by atoms with Crippen LogP contribution in [0, 0.1) is 0 Å². The van der Waals surface area contributed by atoms with Gasteiger partial charge in [0.25, 0.3) is 0 Å². The van der Waals surface area contributed by atoms with Gasteiger partial charge in [-0.3, -0.25) is 0 Å². The number of benzene rings is 3. The van der Waals surface area contributed by atoms with Crippen molar-refractivity contribution >= 4 is 0 Å². The Morgan fingerprint density at radius 3 is 1.58 bits per heavy atom. The number of hydrogen-bond acceptors (Lipinski definition) is 4. The molecule has 0 fully saturated rings. The molecule has 3 rings (SSSR count). The van der Waals surface area contributed by atoms with E-state index in [1.54, 1.807) is 0 Å². The van der Waals surface area contributed by atoms with Crippen LogP contribution in [-0.4, -0.2) is 18.2 Å². The molecule has 176 valence electrons. The van der Waals surface area contributed by atoms with Gasteiger partial charge in [0.15, 0.2) is 5.60 Å². The van der Waals surface area contributed by atoms with Crippen LogP contribution >= 0.6 is 0 Å². The highest BCUT2D eigenvalue weighted by molar-refractivity contribution is 5.29. The van der Waals surface area contributed by atoms with Crippen LogP contribution in [0.4, 0.5) is 0 Å². The minimum absolute atomic E-state index is 0.427. The van der Waals surface area contributed by atoms with E-state index in [-0.39, 0.29) is 0 Å². The second-order valence-electron chi connectivity index (χ2n) is 8.33. The van der Waals surface area contributed by atoms with Crippen LogP contribution in [0.1, 0.15) is 57.4 Å². The number of hydrogen-bond donors (Lipinski definition) is 1. The molecule has 1 N–H and O–H groups in total. The molecule has 3 aromatic rings. The van der Waals surface area contributed by atoms with E-state index < -0.39 is 11.6 Å². The highest BCUT2D eigenvalue weighted by atomic mass is 16.9. The summed E-state index contributed by atoms with van der Waals surface area (Å²) in [7, 11) is 1.51. The lowest BCUT2D eigenvalue weighted by atomic mass is 9.85. The first-order chi connectivity index (χ1) is 16.1. The van der Waals surface area contributed by atoms with Crippen molar-refractivity contribution in [1.82, 2.24) is 0 Å². The molecule has 0 bridgehead atoms. The number of para-hydroxylation sites is 2. The van der Waals surface area contributed by atoms with Crippen LogP contribution in [0.25, 0.3) is 0 Å². The van der Waals surface area contributed by atoms with Crippen LogP contribution in [0.15, 0.2) is 91.0 Å². The Labute approximate surface area is 198 Å². The Morgan fingerprint density at radius 2 is 1.09 bits per heavy atom. The molecular weight excluding hydrogens is 412 g/mol. The van der Waals surface area contributed by atoms with Crippen molar-refractivity contribution in [1.29, 1.82) is 0 Å². The number of rotatable bonds is 14. The molecule has 0 saturated carbocycles. The molecule has 1 unspecified atom stereocenters. The van der Waals surface area contributed by atoms with Gasteiger partial charge >= 0.3 is 5.97 Å². The molecule has 0 aliphatic carbocycles. The first kappa shape index (κ1) is 24.8. The highest BCUT2D eigenvalue weighted by Crippen LogP contribution is 2.43. The summed E-state index contributed by atoms with van der Waals surface area (Å²) < 4.78 is 18.7. The Morgan fingerprint density at radius 1 is 0.636 bits per heavy atom. The minimum Gasteiger partial charge on any atom is -0.427 e. The smallest absolute Gasteiger partial charge is 0.406 e. The summed E-state index contributed by atoms with van der Waals surface area (Å²) in [6, 6.07) is 28.2. The molecular formula is C29H36O4. The first-order valence-corrected chi connectivity index (χ1v) is 11.9. The molecule has 0 aliphatic rings. The zero-order valence-electron chi connectivity index (χ0n) is 19.8. The second-order valence-corrected chi connectivity index (χ2v) is 8.33. The zero-order valence-corrected chi connectivity index (χ0v) is 19.8. The van der Waals surface area contributed by atoms with Crippen LogP contribution in [0.2, 0.25) is 0 Å². The Hall–Kier alpha value is -2.82. The maximum Gasteiger partial charge on any atom is 0.406 e. The van der Waals surface area contributed by atoms with Gasteiger partial charge in [-0.15, -0.1) is 0 Å². The topological polar surface area (TPSA) is 47.9 Å². The zero-order chi connectivity index (χ0) is 23.4. The molecule has 0 heterocycles. The van der Waals surface area contributed by atoms with E-state index >= 15 is 0 Å². The summed E-state index contributed by atoms with van der Waals surface area (Å²) in [5.41, 5.74) is -0.869. The predicted octanol–water partition coefficient (Wildman–Crippen LogP) is 7.08. The van der Waals surface area contributed by atoms with E-state index in [0.717, 1.165) is 19.3 Å². The van der Waals surface area contributed by atoms with Crippen molar-refractivity contribution in [2.45, 2.75) is 63.4 Å². The summed E-state index contributed by atoms with van der Waals surface area (Å²) in [5.74, 6) is -0.694. The summed E-state index contributed by atoms with van der Waals surface area (Å²) >= 11 is 0. The molecule has 0 aliphatic heterocycles. The third-order valence-corrected chi connectivity index (χ3v) is 5.91. The fourth-order valence-corrected chi connectivity index (χ4v) is 4.08. The fourth-order valence-electron chi connectivity index (χ4n) is 4.08. The average molecular weight is 449 g/mol. The van der Waals surface area contributed by atoms with Gasteiger partial charge in [-0.25, -0.2) is 0 Å². The van der Waals surface area contributed by atoms with Gasteiger partial charge < -0.3 is 19.3 Å². The normalized spacial score (nSPS) is 13.3. The number of ether oxygens (including phenoxy) is 3. The van der Waals surface area contributed by atoms with Crippen molar-refractivity contribution < 1.29 is 19.3 Å². The largest absolute Gasteiger partial charge is 0.427 e. The molecule has 3 aromatic carbocycles. The van der Waals surface area contributed by atoms with Gasteiger partial charge in [-0.1, -0.05) is 106 Å². The standard InChI is InChI=1S/C29H36O4/c1-3-4-5-6-7-17-24-28(30,25-18-11-8-12-19-25)29(31-2,32-26-20-13-9-14-21-26)33-27-22-15-10-16-23-27/h8-16,18-23,30H,3-7,17,24H2,1-2H3. The molecule has 0 amide bonds. The third kappa shape index (κ3) is 6.37. The Balaban J connectivity index is 1.99. The average Bonchev–Trinajstić information content (AvgIpc) is 2.87. The quantitative estimate of drug-likeness (QED) is 0.211. The maximum atomic E-state index is 12.3. The molecule has 0 radical (unpaired) electrons. The fraction of sp³-hybridized carbons (Fsp3) is 0.379. The van der Waals surface area contributed by atoms with Gasteiger partial charge in [0.2, 0.25) is 0 Å². The van der Waals surface area contributed by atoms with E-state index in [9.17, 15) is 5.11 Å². The lowest BCUT2D eigenvalue weighted by Gasteiger charge is -2.44. The molecule has 1 atom stereocenters. The van der Waals surface area contributed by atoms with Crippen molar-refractivity contribution in [2.24, 2.45) is 0 Å². The third-order valence-electron chi connectivity index (χ3n) is 5.91. The highest BCUT2D eigenvalue weighted by Gasteiger charge is 2.58. The monoisotopic (exact) mass is 448 g/mol. The van der Waals surface area contributed by atoms with Crippen LogP contribution in [0.5, 0.6) is 11.5 Å². The Kier molecular flexibility index (Phi) is 9.35. The second kappa shape index (κ2) is 12.4. The maximum absolute atomic E-state index is 12.3. The van der Waals surface area contributed by atoms with Crippen LogP contribution < -0.4 is 9.47 Å². The predicted molar refractivity (Wildman–Crippen MR) is 132 cm³/mol. The van der Waals surface area contributed by atoms with Crippen LogP contribution in [-0.2, 0) is 10.3 Å².